The molecule has 120 valence electrons. The number of aliphatic hydroxyl groups is 1. The predicted molar refractivity (Wildman–Crippen MR) is 75.2 cm³/mol. The van der Waals surface area contributed by atoms with Crippen LogP contribution in [0.1, 0.15) is 32.1 Å². The first kappa shape index (κ1) is 17.8. The van der Waals surface area contributed by atoms with Gasteiger partial charge in [0.15, 0.2) is 0 Å². The van der Waals surface area contributed by atoms with Gasteiger partial charge in [0.2, 0.25) is 0 Å². The van der Waals surface area contributed by atoms with E-state index in [-0.39, 0.29) is 0 Å². The quantitative estimate of drug-likeness (QED) is 0.758. The Hall–Kier alpha value is -0.210. The summed E-state index contributed by atoms with van der Waals surface area (Å²) < 4.78 is 37.0. The van der Waals surface area contributed by atoms with E-state index in [0.29, 0.717) is 24.9 Å². The lowest BCUT2D eigenvalue weighted by Crippen LogP contribution is -2.30. The minimum absolute atomic E-state index is 0.327. The fourth-order valence-electron chi connectivity index (χ4n) is 2.64. The van der Waals surface area contributed by atoms with E-state index in [1.165, 1.54) is 19.3 Å². The van der Waals surface area contributed by atoms with Crippen LogP contribution in [-0.4, -0.2) is 56.9 Å². The molecular formula is C13H26O6S. The highest BCUT2D eigenvalue weighted by Gasteiger charge is 2.25. The molecule has 0 aromatic heterocycles. The second kappa shape index (κ2) is 8.94. The van der Waals surface area contributed by atoms with Crippen LogP contribution in [0.4, 0.5) is 0 Å². The molecule has 0 aliphatic carbocycles. The molecule has 0 saturated carbocycles. The molecule has 0 spiro atoms. The average molecular weight is 310 g/mol. The smallest absolute Gasteiger partial charge is 0.261 e. The molecule has 2 heterocycles. The van der Waals surface area contributed by atoms with Gasteiger partial charge >= 0.3 is 0 Å². The molecule has 7 heteroatoms. The van der Waals surface area contributed by atoms with Crippen molar-refractivity contribution in [1.82, 2.24) is 0 Å². The molecular weight excluding hydrogens is 284 g/mol. The molecule has 2 aliphatic rings. The first-order valence-corrected chi connectivity index (χ1v) is 8.96. The van der Waals surface area contributed by atoms with Crippen LogP contribution in [0, 0.1) is 11.8 Å². The van der Waals surface area contributed by atoms with Crippen molar-refractivity contribution in [2.45, 2.75) is 38.2 Å². The van der Waals surface area contributed by atoms with Gasteiger partial charge in [0.05, 0.1) is 12.4 Å². The van der Waals surface area contributed by atoms with Crippen molar-refractivity contribution in [2.75, 3.05) is 32.7 Å². The monoisotopic (exact) mass is 310 g/mol. The predicted octanol–water partition coefficient (Wildman–Crippen LogP) is 1.09. The molecule has 20 heavy (non-hydrogen) atoms. The van der Waals surface area contributed by atoms with Crippen molar-refractivity contribution < 1.29 is 27.6 Å². The molecule has 2 N–H and O–H groups in total. The second-order valence-corrected chi connectivity index (χ2v) is 7.06. The Morgan fingerprint density at radius 2 is 1.65 bits per heavy atom. The molecule has 2 unspecified atom stereocenters. The summed E-state index contributed by atoms with van der Waals surface area (Å²) >= 11 is 0. The van der Waals surface area contributed by atoms with Crippen molar-refractivity contribution in [3.05, 3.63) is 0 Å². The van der Waals surface area contributed by atoms with Crippen LogP contribution in [0.2, 0.25) is 0 Å². The summed E-state index contributed by atoms with van der Waals surface area (Å²) in [5, 5.41) is 9.14. The lowest BCUT2D eigenvalue weighted by Gasteiger charge is -2.32. The van der Waals surface area contributed by atoms with Crippen LogP contribution in [0.5, 0.6) is 0 Å². The van der Waals surface area contributed by atoms with Crippen LogP contribution in [0.25, 0.3) is 0 Å². The first-order valence-electron chi connectivity index (χ1n) is 7.11. The molecule has 6 nitrogen and oxygen atoms in total. The summed E-state index contributed by atoms with van der Waals surface area (Å²) in [5.41, 5.74) is 0. The molecule has 2 aliphatic heterocycles. The van der Waals surface area contributed by atoms with Gasteiger partial charge in [-0.05, 0) is 43.9 Å². The zero-order chi connectivity index (χ0) is 15.0. The number of hydrogen-bond donors (Lipinski definition) is 2. The first-order chi connectivity index (χ1) is 9.38. The van der Waals surface area contributed by atoms with E-state index in [4.69, 9.17) is 19.1 Å². The van der Waals surface area contributed by atoms with Crippen molar-refractivity contribution in [1.29, 1.82) is 0 Å². The van der Waals surface area contributed by atoms with E-state index in [2.05, 4.69) is 0 Å². The summed E-state index contributed by atoms with van der Waals surface area (Å²) in [6, 6.07) is 0. The largest absolute Gasteiger partial charge is 0.396 e. The van der Waals surface area contributed by atoms with Crippen LogP contribution >= 0.6 is 0 Å². The zero-order valence-corrected chi connectivity index (χ0v) is 12.8. The van der Waals surface area contributed by atoms with Crippen molar-refractivity contribution in [2.24, 2.45) is 11.8 Å². The Kier molecular flexibility index (Phi) is 7.98. The molecule has 0 radical (unpaired) electrons. The number of rotatable bonds is 3. The standard InChI is InChI=1S/C12H22O3.CH4O3S/c13-9-11-3-6-15-12(8-11)7-10-1-4-14-5-2-10;1-5(2,3)4/h10-13H,1-9H2;1H3,(H,2,3,4). The SMILES string of the molecule is CS(=O)(=O)O.OCC1CCOC(CC2CCOCC2)C1. The Balaban J connectivity index is 0.000000347. The second-order valence-electron chi connectivity index (χ2n) is 5.59. The van der Waals surface area contributed by atoms with Crippen molar-refractivity contribution in [3.63, 3.8) is 0 Å². The number of hydrogen-bond acceptors (Lipinski definition) is 5. The highest BCUT2D eigenvalue weighted by atomic mass is 32.2. The number of aliphatic hydroxyl groups excluding tert-OH is 1. The topological polar surface area (TPSA) is 93.1 Å². The third kappa shape index (κ3) is 8.86. The van der Waals surface area contributed by atoms with Crippen LogP contribution in [-0.2, 0) is 19.6 Å². The molecule has 0 aromatic rings. The highest BCUT2D eigenvalue weighted by molar-refractivity contribution is 7.85. The Bertz CT molecular complexity index is 342. The minimum Gasteiger partial charge on any atom is -0.396 e. The normalized spacial score (nSPS) is 28.6. The summed E-state index contributed by atoms with van der Waals surface area (Å²) in [6.45, 7) is 2.99. The van der Waals surface area contributed by atoms with E-state index in [1.807, 2.05) is 0 Å². The summed E-state index contributed by atoms with van der Waals surface area (Å²) in [4.78, 5) is 0. The average Bonchev–Trinajstić information content (AvgIpc) is 2.38. The van der Waals surface area contributed by atoms with Crippen LogP contribution in [0.3, 0.4) is 0 Å². The van der Waals surface area contributed by atoms with E-state index in [0.717, 1.165) is 38.6 Å². The summed E-state index contributed by atoms with van der Waals surface area (Å²) in [6.07, 6.45) is 6.72. The lowest BCUT2D eigenvalue weighted by molar-refractivity contribution is -0.0423. The van der Waals surface area contributed by atoms with Gasteiger partial charge < -0.3 is 14.6 Å². The Morgan fingerprint density at radius 1 is 1.10 bits per heavy atom. The fraction of sp³-hybridized carbons (Fsp3) is 1.00. The molecule has 2 rings (SSSR count). The maximum atomic E-state index is 9.19. The van der Waals surface area contributed by atoms with Gasteiger partial charge in [0.25, 0.3) is 10.1 Å². The number of ether oxygens (including phenoxy) is 2. The van der Waals surface area contributed by atoms with E-state index >= 15 is 0 Å². The van der Waals surface area contributed by atoms with E-state index < -0.39 is 10.1 Å². The minimum atomic E-state index is -3.67. The molecule has 0 amide bonds. The van der Waals surface area contributed by atoms with Gasteiger partial charge in [-0.15, -0.1) is 0 Å². The third-order valence-electron chi connectivity index (χ3n) is 3.67. The Labute approximate surface area is 121 Å². The Morgan fingerprint density at radius 3 is 2.20 bits per heavy atom. The fourth-order valence-corrected chi connectivity index (χ4v) is 2.64. The summed E-state index contributed by atoms with van der Waals surface area (Å²) in [7, 11) is -3.67. The van der Waals surface area contributed by atoms with Crippen molar-refractivity contribution >= 4 is 10.1 Å². The lowest BCUT2D eigenvalue weighted by atomic mass is 9.87. The van der Waals surface area contributed by atoms with Gasteiger partial charge in [0, 0.05) is 26.4 Å². The third-order valence-corrected chi connectivity index (χ3v) is 3.67. The zero-order valence-electron chi connectivity index (χ0n) is 12.0. The molecule has 2 fully saturated rings. The van der Waals surface area contributed by atoms with Gasteiger partial charge in [-0.2, -0.15) is 8.42 Å². The molecule has 0 aromatic carbocycles. The molecule has 2 saturated heterocycles. The van der Waals surface area contributed by atoms with E-state index in [9.17, 15) is 8.42 Å². The maximum absolute atomic E-state index is 9.19. The van der Waals surface area contributed by atoms with Gasteiger partial charge in [-0.1, -0.05) is 0 Å². The van der Waals surface area contributed by atoms with E-state index in [1.54, 1.807) is 0 Å². The maximum Gasteiger partial charge on any atom is 0.261 e. The van der Waals surface area contributed by atoms with Crippen LogP contribution in [0.15, 0.2) is 0 Å². The van der Waals surface area contributed by atoms with Gasteiger partial charge in [-0.25, -0.2) is 0 Å². The molecule has 0 bridgehead atoms. The molecule has 2 atom stereocenters. The summed E-state index contributed by atoms with van der Waals surface area (Å²) in [5.74, 6) is 1.25. The van der Waals surface area contributed by atoms with Crippen molar-refractivity contribution in [3.8, 4) is 0 Å². The highest BCUT2D eigenvalue weighted by Crippen LogP contribution is 2.28. The van der Waals surface area contributed by atoms with Gasteiger partial charge in [-0.3, -0.25) is 4.55 Å². The van der Waals surface area contributed by atoms with Crippen LogP contribution < -0.4 is 0 Å². The van der Waals surface area contributed by atoms with Gasteiger partial charge in [0.1, 0.15) is 0 Å².